The van der Waals surface area contributed by atoms with Crippen LogP contribution in [0, 0.1) is 5.92 Å². The predicted octanol–water partition coefficient (Wildman–Crippen LogP) is 2.01. The van der Waals surface area contributed by atoms with E-state index in [1.54, 1.807) is 26.9 Å². The Hall–Kier alpha value is -3.79. The minimum Gasteiger partial charge on any atom is -0.454 e. The van der Waals surface area contributed by atoms with Crippen molar-refractivity contribution in [2.24, 2.45) is 5.92 Å². The van der Waals surface area contributed by atoms with E-state index in [9.17, 15) is 14.4 Å². The molecule has 3 aliphatic rings. The molecule has 2 saturated heterocycles. The lowest BCUT2D eigenvalue weighted by Gasteiger charge is -2.55. The lowest BCUT2D eigenvalue weighted by molar-refractivity contribution is -0.190. The van der Waals surface area contributed by atoms with E-state index < -0.39 is 12.2 Å². The molecule has 2 atom stereocenters. The molecule has 0 radical (unpaired) electrons. The smallest absolute Gasteiger partial charge is 0.334 e. The zero-order chi connectivity index (χ0) is 25.4. The van der Waals surface area contributed by atoms with Gasteiger partial charge in [0.1, 0.15) is 12.2 Å². The number of benzene rings is 2. The second kappa shape index (κ2) is 9.69. The Morgan fingerprint density at radius 2 is 1.81 bits per heavy atom. The molecule has 0 saturated carbocycles. The van der Waals surface area contributed by atoms with Crippen molar-refractivity contribution in [3.05, 3.63) is 59.7 Å². The van der Waals surface area contributed by atoms with Crippen LogP contribution in [-0.4, -0.2) is 76.8 Å². The number of rotatable bonds is 5. The molecule has 190 valence electrons. The van der Waals surface area contributed by atoms with Gasteiger partial charge in [0.05, 0.1) is 13.1 Å². The number of fused-ring (bicyclic) bond motifs is 2. The molecule has 0 unspecified atom stereocenters. The number of nitrogens with one attached hydrogen (secondary N) is 1. The van der Waals surface area contributed by atoms with Crippen molar-refractivity contribution in [2.75, 3.05) is 26.9 Å². The SMILES string of the molecule is CC(C)[C@H]1C(=O)N(Cc2ccc3c(c2)OCO3)C[C@H]2N1C(=O)CN(C)N2C(=O)NCc1ccccc1. The first-order valence-corrected chi connectivity index (χ1v) is 12.1. The molecule has 0 aliphatic carbocycles. The van der Waals surface area contributed by atoms with Gasteiger partial charge in [-0.1, -0.05) is 50.2 Å². The maximum Gasteiger partial charge on any atom is 0.334 e. The zero-order valence-corrected chi connectivity index (χ0v) is 20.7. The van der Waals surface area contributed by atoms with Gasteiger partial charge in [0.2, 0.25) is 18.6 Å². The van der Waals surface area contributed by atoms with Gasteiger partial charge >= 0.3 is 6.03 Å². The van der Waals surface area contributed by atoms with Crippen LogP contribution in [0.3, 0.4) is 0 Å². The van der Waals surface area contributed by atoms with Gasteiger partial charge in [-0.3, -0.25) is 9.59 Å². The number of carbonyl (C=O) groups is 3. The first kappa shape index (κ1) is 23.9. The minimum absolute atomic E-state index is 0.0217. The molecule has 2 fully saturated rings. The van der Waals surface area contributed by atoms with E-state index in [1.165, 1.54) is 0 Å². The molecule has 10 nitrogen and oxygen atoms in total. The summed E-state index contributed by atoms with van der Waals surface area (Å²) in [6.45, 7) is 4.94. The van der Waals surface area contributed by atoms with Crippen LogP contribution in [-0.2, 0) is 22.7 Å². The molecule has 3 aliphatic heterocycles. The fraction of sp³-hybridized carbons (Fsp3) is 0.423. The predicted molar refractivity (Wildman–Crippen MR) is 130 cm³/mol. The quantitative estimate of drug-likeness (QED) is 0.685. The van der Waals surface area contributed by atoms with E-state index in [0.717, 1.165) is 11.1 Å². The summed E-state index contributed by atoms with van der Waals surface area (Å²) in [5, 5.41) is 6.17. The van der Waals surface area contributed by atoms with E-state index in [2.05, 4.69) is 5.32 Å². The number of hydrazine groups is 1. The van der Waals surface area contributed by atoms with Gasteiger partial charge < -0.3 is 24.6 Å². The molecule has 10 heteroatoms. The van der Waals surface area contributed by atoms with Gasteiger partial charge in [-0.2, -0.15) is 0 Å². The van der Waals surface area contributed by atoms with Crippen LogP contribution in [0.1, 0.15) is 25.0 Å². The number of amides is 4. The molecular weight excluding hydrogens is 462 g/mol. The largest absolute Gasteiger partial charge is 0.454 e. The summed E-state index contributed by atoms with van der Waals surface area (Å²) in [6, 6.07) is 14.3. The highest BCUT2D eigenvalue weighted by atomic mass is 16.7. The maximum atomic E-state index is 13.6. The van der Waals surface area contributed by atoms with Crippen molar-refractivity contribution in [3.8, 4) is 11.5 Å². The third-order valence-corrected chi connectivity index (χ3v) is 6.81. The number of hydrogen-bond acceptors (Lipinski definition) is 6. The molecule has 4 amide bonds. The standard InChI is InChI=1S/C26H31N5O5/c1-17(2)24-25(33)29(13-19-9-10-20-21(11-19)36-16-35-20)14-22-30(24)23(32)15-28(3)31(22)26(34)27-12-18-7-5-4-6-8-18/h4-11,17,22,24H,12-16H2,1-3H3,(H,27,34)/t22-,24-/m0/s1. The highest BCUT2D eigenvalue weighted by Crippen LogP contribution is 2.34. The minimum atomic E-state index is -0.664. The van der Waals surface area contributed by atoms with E-state index >= 15 is 0 Å². The highest BCUT2D eigenvalue weighted by Gasteiger charge is 2.51. The average molecular weight is 494 g/mol. The molecule has 3 heterocycles. The van der Waals surface area contributed by atoms with Crippen LogP contribution in [0.25, 0.3) is 0 Å². The Morgan fingerprint density at radius 1 is 1.06 bits per heavy atom. The first-order chi connectivity index (χ1) is 17.3. The second-order valence-electron chi connectivity index (χ2n) is 9.68. The van der Waals surface area contributed by atoms with Gasteiger partial charge in [-0.25, -0.2) is 14.8 Å². The Morgan fingerprint density at radius 3 is 2.56 bits per heavy atom. The van der Waals surface area contributed by atoms with E-state index in [-0.39, 0.29) is 43.6 Å². The molecule has 0 bridgehead atoms. The van der Waals surface area contributed by atoms with Crippen LogP contribution in [0.15, 0.2) is 48.5 Å². The fourth-order valence-corrected chi connectivity index (χ4v) is 5.12. The molecular formula is C26H31N5O5. The van der Waals surface area contributed by atoms with E-state index in [0.29, 0.717) is 24.6 Å². The summed E-state index contributed by atoms with van der Waals surface area (Å²) in [7, 11) is 1.72. The molecule has 0 spiro atoms. The average Bonchev–Trinajstić information content (AvgIpc) is 3.32. The number of ether oxygens (including phenoxy) is 2. The van der Waals surface area contributed by atoms with Crippen molar-refractivity contribution >= 4 is 17.8 Å². The fourth-order valence-electron chi connectivity index (χ4n) is 5.12. The van der Waals surface area contributed by atoms with Gasteiger partial charge in [-0.05, 0) is 29.2 Å². The van der Waals surface area contributed by atoms with Crippen LogP contribution in [0.5, 0.6) is 11.5 Å². The van der Waals surface area contributed by atoms with Crippen molar-refractivity contribution in [1.29, 1.82) is 0 Å². The van der Waals surface area contributed by atoms with E-state index in [1.807, 2.05) is 62.4 Å². The number of urea groups is 1. The molecule has 2 aromatic rings. The van der Waals surface area contributed by atoms with E-state index in [4.69, 9.17) is 9.47 Å². The van der Waals surface area contributed by atoms with Crippen molar-refractivity contribution in [3.63, 3.8) is 0 Å². The molecule has 2 aromatic carbocycles. The highest BCUT2D eigenvalue weighted by molar-refractivity contribution is 5.91. The normalized spacial score (nSPS) is 21.7. The Bertz CT molecular complexity index is 1160. The van der Waals surface area contributed by atoms with Crippen LogP contribution >= 0.6 is 0 Å². The molecule has 5 rings (SSSR count). The van der Waals surface area contributed by atoms with Crippen molar-refractivity contribution in [2.45, 2.75) is 39.1 Å². The zero-order valence-electron chi connectivity index (χ0n) is 20.7. The van der Waals surface area contributed by atoms with Gasteiger partial charge in [-0.15, -0.1) is 0 Å². The summed E-state index contributed by atoms with van der Waals surface area (Å²) < 4.78 is 10.9. The third kappa shape index (κ3) is 4.44. The Kier molecular flexibility index (Phi) is 6.44. The van der Waals surface area contributed by atoms with Gasteiger partial charge in [0.15, 0.2) is 11.5 Å². The number of carbonyl (C=O) groups excluding carboxylic acids is 3. The van der Waals surface area contributed by atoms with Crippen molar-refractivity contribution in [1.82, 2.24) is 25.1 Å². The van der Waals surface area contributed by atoms with Crippen LogP contribution < -0.4 is 14.8 Å². The topological polar surface area (TPSA) is 94.7 Å². The summed E-state index contributed by atoms with van der Waals surface area (Å²) in [4.78, 5) is 43.5. The number of hydrogen-bond donors (Lipinski definition) is 1. The monoisotopic (exact) mass is 493 g/mol. The second-order valence-corrected chi connectivity index (χ2v) is 9.68. The summed E-state index contributed by atoms with van der Waals surface area (Å²) in [6.07, 6.45) is -0.619. The summed E-state index contributed by atoms with van der Waals surface area (Å²) in [5.41, 5.74) is 1.86. The third-order valence-electron chi connectivity index (χ3n) is 6.81. The lowest BCUT2D eigenvalue weighted by atomic mass is 9.96. The van der Waals surface area contributed by atoms with Gasteiger partial charge in [0.25, 0.3) is 0 Å². The molecule has 0 aromatic heterocycles. The Balaban J connectivity index is 1.41. The number of nitrogens with zero attached hydrogens (tertiary/aromatic N) is 4. The molecule has 1 N–H and O–H groups in total. The molecule has 36 heavy (non-hydrogen) atoms. The number of likely N-dealkylation sites (N-methyl/N-ethyl adjacent to an activating group) is 1. The lowest BCUT2D eigenvalue weighted by Crippen LogP contribution is -2.76. The number of piperazine rings is 1. The Labute approximate surface area is 210 Å². The van der Waals surface area contributed by atoms with Crippen LogP contribution in [0.2, 0.25) is 0 Å². The summed E-state index contributed by atoms with van der Waals surface area (Å²) >= 11 is 0. The first-order valence-electron chi connectivity index (χ1n) is 12.1. The maximum absolute atomic E-state index is 13.6. The van der Waals surface area contributed by atoms with Crippen molar-refractivity contribution < 1.29 is 23.9 Å². The van der Waals surface area contributed by atoms with Crippen LogP contribution in [0.4, 0.5) is 4.79 Å². The van der Waals surface area contributed by atoms with Gasteiger partial charge in [0, 0.05) is 20.1 Å². The summed E-state index contributed by atoms with van der Waals surface area (Å²) in [5.74, 6) is 0.913.